The van der Waals surface area contributed by atoms with Crippen LogP contribution < -0.4 is 9.47 Å². The zero-order valence-corrected chi connectivity index (χ0v) is 17.2. The van der Waals surface area contributed by atoms with Crippen molar-refractivity contribution < 1.29 is 14.2 Å². The van der Waals surface area contributed by atoms with E-state index >= 15 is 0 Å². The van der Waals surface area contributed by atoms with Crippen LogP contribution in [0, 0.1) is 11.8 Å². The summed E-state index contributed by atoms with van der Waals surface area (Å²) in [7, 11) is 1.65. The second-order valence-electron chi connectivity index (χ2n) is 6.65. The molecule has 1 saturated heterocycles. The number of nitrogens with zero attached hydrogens (tertiary/aromatic N) is 3. The summed E-state index contributed by atoms with van der Waals surface area (Å²) in [6, 6.07) is 7.62. The molecule has 6 nitrogen and oxygen atoms in total. The summed E-state index contributed by atoms with van der Waals surface area (Å²) in [5.41, 5.74) is 3.14. The van der Waals surface area contributed by atoms with Crippen molar-refractivity contribution in [3.8, 4) is 23.5 Å². The number of methoxy groups -OCH3 is 1. The van der Waals surface area contributed by atoms with Gasteiger partial charge in [0.15, 0.2) is 5.69 Å². The average molecular weight is 410 g/mol. The number of hydrogen-bond acceptors (Lipinski definition) is 7. The topological polar surface area (TPSA) is 56.7 Å². The van der Waals surface area contributed by atoms with Gasteiger partial charge >= 0.3 is 0 Å². The maximum Gasteiger partial charge on any atom is 0.249 e. The van der Waals surface area contributed by atoms with Crippen molar-refractivity contribution >= 4 is 22.4 Å². The normalized spacial score (nSPS) is 14.4. The molecule has 1 aliphatic rings. The monoisotopic (exact) mass is 409 g/mol. The van der Waals surface area contributed by atoms with E-state index < -0.39 is 0 Å². The minimum Gasteiger partial charge on any atom is -0.497 e. The highest BCUT2D eigenvalue weighted by Gasteiger charge is 2.12. The first-order chi connectivity index (χ1) is 14.3. The van der Waals surface area contributed by atoms with Gasteiger partial charge in [-0.2, -0.15) is 0 Å². The lowest BCUT2D eigenvalue weighted by atomic mass is 10.2. The Labute approximate surface area is 174 Å². The molecular formula is C22H23N3O3S. The van der Waals surface area contributed by atoms with Gasteiger partial charge in [0.25, 0.3) is 0 Å². The Morgan fingerprint density at radius 2 is 1.83 bits per heavy atom. The predicted octanol–water partition coefficient (Wildman–Crippen LogP) is 3.20. The lowest BCUT2D eigenvalue weighted by Gasteiger charge is -2.26. The van der Waals surface area contributed by atoms with Gasteiger partial charge in [-0.05, 0) is 36.6 Å². The summed E-state index contributed by atoms with van der Waals surface area (Å²) in [4.78, 5) is 11.7. The molecule has 1 aliphatic heterocycles. The van der Waals surface area contributed by atoms with Crippen LogP contribution in [0.2, 0.25) is 0 Å². The minimum absolute atomic E-state index is 0.499. The van der Waals surface area contributed by atoms with E-state index in [4.69, 9.17) is 14.2 Å². The molecule has 0 atom stereocenters. The van der Waals surface area contributed by atoms with E-state index in [1.807, 2.05) is 35.0 Å². The Kier molecular flexibility index (Phi) is 6.57. The van der Waals surface area contributed by atoms with Crippen LogP contribution in [-0.2, 0) is 4.74 Å². The molecule has 0 N–H and O–H groups in total. The van der Waals surface area contributed by atoms with Crippen molar-refractivity contribution in [3.05, 3.63) is 46.3 Å². The van der Waals surface area contributed by atoms with E-state index in [1.165, 1.54) is 0 Å². The molecule has 0 saturated carbocycles. The first kappa shape index (κ1) is 19.6. The van der Waals surface area contributed by atoms with Gasteiger partial charge < -0.3 is 14.2 Å². The molecule has 0 aliphatic carbocycles. The molecule has 29 heavy (non-hydrogen) atoms. The Morgan fingerprint density at radius 3 is 2.59 bits per heavy atom. The zero-order valence-electron chi connectivity index (χ0n) is 16.4. The fourth-order valence-electron chi connectivity index (χ4n) is 3.05. The third kappa shape index (κ3) is 5.24. The van der Waals surface area contributed by atoms with Gasteiger partial charge in [-0.3, -0.25) is 4.90 Å². The molecule has 0 bridgehead atoms. The highest BCUT2D eigenvalue weighted by molar-refractivity contribution is 7.09. The molecule has 1 aromatic carbocycles. The lowest BCUT2D eigenvalue weighted by molar-refractivity contribution is 0.0357. The van der Waals surface area contributed by atoms with Crippen molar-refractivity contribution in [2.45, 2.75) is 6.42 Å². The third-order valence-electron chi connectivity index (χ3n) is 4.66. The Morgan fingerprint density at radius 1 is 1.07 bits per heavy atom. The molecule has 2 aromatic heterocycles. The van der Waals surface area contributed by atoms with Crippen LogP contribution in [0.15, 0.2) is 35.0 Å². The van der Waals surface area contributed by atoms with Gasteiger partial charge in [0.1, 0.15) is 16.8 Å². The summed E-state index contributed by atoms with van der Waals surface area (Å²) in [5, 5.41) is 3.95. The first-order valence-corrected chi connectivity index (χ1v) is 10.6. The molecule has 150 valence electrons. The van der Waals surface area contributed by atoms with Crippen molar-refractivity contribution in [2.24, 2.45) is 0 Å². The molecule has 0 radical (unpaired) electrons. The van der Waals surface area contributed by atoms with Gasteiger partial charge in [-0.1, -0.05) is 5.92 Å². The van der Waals surface area contributed by atoms with Crippen LogP contribution in [0.4, 0.5) is 0 Å². The van der Waals surface area contributed by atoms with E-state index in [-0.39, 0.29) is 0 Å². The van der Waals surface area contributed by atoms with Gasteiger partial charge in [0, 0.05) is 36.0 Å². The van der Waals surface area contributed by atoms with E-state index in [1.54, 1.807) is 18.4 Å². The molecule has 4 rings (SSSR count). The van der Waals surface area contributed by atoms with Crippen molar-refractivity contribution in [3.63, 3.8) is 0 Å². The van der Waals surface area contributed by atoms with Crippen LogP contribution in [0.3, 0.4) is 0 Å². The van der Waals surface area contributed by atoms with Crippen LogP contribution in [-0.4, -0.2) is 61.4 Å². The SMILES string of the molecule is COc1ccc(C#Cc2nc3cscc3nc2OCCCN2CCOCC2)cc1. The van der Waals surface area contributed by atoms with Gasteiger partial charge in [-0.25, -0.2) is 9.97 Å². The second kappa shape index (κ2) is 9.70. The number of fused-ring (bicyclic) bond motifs is 1. The standard InChI is InChI=1S/C22H23N3O3S/c1-26-18-6-3-17(4-7-18)5-8-19-22(24-21-16-29-15-20(21)23-19)28-12-2-9-25-10-13-27-14-11-25/h3-4,6-7,15-16H,2,9-14H2,1H3. The third-order valence-corrected chi connectivity index (χ3v) is 5.37. The summed E-state index contributed by atoms with van der Waals surface area (Å²) in [6.45, 7) is 5.17. The summed E-state index contributed by atoms with van der Waals surface area (Å²) >= 11 is 1.57. The molecular weight excluding hydrogens is 386 g/mol. The van der Waals surface area contributed by atoms with E-state index in [2.05, 4.69) is 26.7 Å². The van der Waals surface area contributed by atoms with Crippen molar-refractivity contribution in [2.75, 3.05) is 46.6 Å². The second-order valence-corrected chi connectivity index (χ2v) is 7.40. The maximum absolute atomic E-state index is 5.98. The van der Waals surface area contributed by atoms with E-state index in [9.17, 15) is 0 Å². The number of aromatic nitrogens is 2. The summed E-state index contributed by atoms with van der Waals surface area (Å²) in [6.07, 6.45) is 0.925. The van der Waals surface area contributed by atoms with Gasteiger partial charge in [0.2, 0.25) is 5.88 Å². The number of rotatable bonds is 6. The van der Waals surface area contributed by atoms with Crippen LogP contribution >= 0.6 is 11.3 Å². The van der Waals surface area contributed by atoms with Crippen LogP contribution in [0.5, 0.6) is 11.6 Å². The fraction of sp³-hybridized carbons (Fsp3) is 0.364. The Balaban J connectivity index is 1.46. The molecule has 1 fully saturated rings. The highest BCUT2D eigenvalue weighted by Crippen LogP contribution is 2.21. The largest absolute Gasteiger partial charge is 0.497 e. The molecule has 0 spiro atoms. The van der Waals surface area contributed by atoms with Gasteiger partial charge in [0.05, 0.1) is 26.9 Å². The lowest BCUT2D eigenvalue weighted by Crippen LogP contribution is -2.37. The smallest absolute Gasteiger partial charge is 0.249 e. The van der Waals surface area contributed by atoms with Crippen LogP contribution in [0.1, 0.15) is 17.7 Å². The molecule has 0 amide bonds. The fourth-order valence-corrected chi connectivity index (χ4v) is 3.72. The zero-order chi connectivity index (χ0) is 19.9. The molecule has 3 aromatic rings. The number of ether oxygens (including phenoxy) is 3. The molecule has 7 heteroatoms. The van der Waals surface area contributed by atoms with Crippen molar-refractivity contribution in [1.82, 2.24) is 14.9 Å². The minimum atomic E-state index is 0.499. The molecule has 0 unspecified atom stereocenters. The first-order valence-electron chi connectivity index (χ1n) is 9.65. The average Bonchev–Trinajstić information content (AvgIpc) is 3.23. The number of morpholine rings is 1. The van der Waals surface area contributed by atoms with Crippen LogP contribution in [0.25, 0.3) is 11.0 Å². The molecule has 3 heterocycles. The van der Waals surface area contributed by atoms with E-state index in [0.717, 1.165) is 61.6 Å². The van der Waals surface area contributed by atoms with Crippen molar-refractivity contribution in [1.29, 1.82) is 0 Å². The Hall–Kier alpha value is -2.66. The maximum atomic E-state index is 5.98. The number of hydrogen-bond donors (Lipinski definition) is 0. The predicted molar refractivity (Wildman–Crippen MR) is 114 cm³/mol. The summed E-state index contributed by atoms with van der Waals surface area (Å²) < 4.78 is 16.6. The number of benzene rings is 1. The Bertz CT molecular complexity index is 1000. The summed E-state index contributed by atoms with van der Waals surface area (Å²) in [5.74, 6) is 7.58. The highest BCUT2D eigenvalue weighted by atomic mass is 32.1. The quantitative estimate of drug-likeness (QED) is 0.460. The van der Waals surface area contributed by atoms with Gasteiger partial charge in [-0.15, -0.1) is 11.3 Å². The van der Waals surface area contributed by atoms with E-state index in [0.29, 0.717) is 18.2 Å². The number of thiophene rings is 1.